The van der Waals surface area contributed by atoms with Gasteiger partial charge < -0.3 is 15.1 Å². The number of aliphatic carboxylic acids is 1. The Balaban J connectivity index is 0.00000280. The summed E-state index contributed by atoms with van der Waals surface area (Å²) >= 11 is 0. The highest BCUT2D eigenvalue weighted by Crippen LogP contribution is 2.40. The van der Waals surface area contributed by atoms with Crippen LogP contribution in [0.4, 0.5) is 0 Å². The summed E-state index contributed by atoms with van der Waals surface area (Å²) < 4.78 is 0. The quantitative estimate of drug-likeness (QED) is 0.752. The van der Waals surface area contributed by atoms with Crippen LogP contribution in [0, 0.1) is 11.8 Å². The predicted molar refractivity (Wildman–Crippen MR) is 114 cm³/mol. The highest BCUT2D eigenvalue weighted by molar-refractivity contribution is 5.85. The molecule has 0 aromatic heterocycles. The summed E-state index contributed by atoms with van der Waals surface area (Å²) in [6.07, 6.45) is 1.51. The lowest BCUT2D eigenvalue weighted by molar-refractivity contribution is -0.142. The number of phenols is 1. The summed E-state index contributed by atoms with van der Waals surface area (Å²) in [6, 6.07) is 17.4. The van der Waals surface area contributed by atoms with Crippen LogP contribution < -0.4 is 0 Å². The Labute approximate surface area is 173 Å². The summed E-state index contributed by atoms with van der Waals surface area (Å²) in [5, 5.41) is 19.5. The first-order valence-electron chi connectivity index (χ1n) is 9.67. The van der Waals surface area contributed by atoms with E-state index in [1.54, 1.807) is 6.07 Å². The van der Waals surface area contributed by atoms with Gasteiger partial charge >= 0.3 is 5.97 Å². The number of rotatable bonds is 6. The van der Waals surface area contributed by atoms with Crippen molar-refractivity contribution in [1.82, 2.24) is 4.90 Å². The van der Waals surface area contributed by atoms with Gasteiger partial charge in [0.05, 0.1) is 5.92 Å². The number of hydrogen-bond donors (Lipinski definition) is 2. The van der Waals surface area contributed by atoms with Crippen LogP contribution in [0.3, 0.4) is 0 Å². The lowest BCUT2D eigenvalue weighted by atomic mass is 9.68. The molecule has 1 fully saturated rings. The molecule has 0 amide bonds. The van der Waals surface area contributed by atoms with E-state index in [2.05, 4.69) is 24.8 Å². The van der Waals surface area contributed by atoms with E-state index in [1.807, 2.05) is 42.5 Å². The van der Waals surface area contributed by atoms with Gasteiger partial charge in [-0.25, -0.2) is 0 Å². The maximum absolute atomic E-state index is 11.8. The molecule has 0 radical (unpaired) electrons. The zero-order chi connectivity index (χ0) is 19.4. The lowest BCUT2D eigenvalue weighted by Crippen LogP contribution is -2.49. The highest BCUT2D eigenvalue weighted by atomic mass is 35.5. The van der Waals surface area contributed by atoms with Gasteiger partial charge in [0.15, 0.2) is 0 Å². The molecule has 1 heterocycles. The smallest absolute Gasteiger partial charge is 0.308 e. The second-order valence-corrected chi connectivity index (χ2v) is 8.10. The Morgan fingerprint density at radius 3 is 2.54 bits per heavy atom. The number of halogens is 1. The minimum atomic E-state index is -0.729. The Kier molecular flexibility index (Phi) is 7.50. The highest BCUT2D eigenvalue weighted by Gasteiger charge is 2.39. The number of carboxylic acid groups (broad SMARTS) is 1. The van der Waals surface area contributed by atoms with Gasteiger partial charge in [-0.3, -0.25) is 4.79 Å². The molecule has 152 valence electrons. The largest absolute Gasteiger partial charge is 0.508 e. The van der Waals surface area contributed by atoms with Crippen molar-refractivity contribution in [3.63, 3.8) is 0 Å². The summed E-state index contributed by atoms with van der Waals surface area (Å²) in [6.45, 7) is 6.79. The maximum atomic E-state index is 11.8. The number of hydrogen-bond acceptors (Lipinski definition) is 3. The minimum Gasteiger partial charge on any atom is -0.508 e. The second kappa shape index (κ2) is 9.44. The van der Waals surface area contributed by atoms with Crippen molar-refractivity contribution in [2.75, 3.05) is 19.6 Å². The average molecular weight is 404 g/mol. The van der Waals surface area contributed by atoms with E-state index < -0.39 is 11.9 Å². The molecule has 1 unspecified atom stereocenters. The monoisotopic (exact) mass is 403 g/mol. The molecule has 5 heteroatoms. The third-order valence-electron chi connectivity index (χ3n) is 6.23. The molecule has 0 saturated carbocycles. The third-order valence-corrected chi connectivity index (χ3v) is 6.23. The lowest BCUT2D eigenvalue weighted by Gasteiger charge is -2.45. The van der Waals surface area contributed by atoms with Crippen molar-refractivity contribution in [3.8, 4) is 5.75 Å². The van der Waals surface area contributed by atoms with Crippen LogP contribution in [0.2, 0.25) is 0 Å². The molecule has 3 atom stereocenters. The molecule has 1 aliphatic heterocycles. The van der Waals surface area contributed by atoms with Gasteiger partial charge in [0, 0.05) is 13.1 Å². The Morgan fingerprint density at radius 1 is 1.21 bits per heavy atom. The van der Waals surface area contributed by atoms with Gasteiger partial charge in [-0.2, -0.15) is 0 Å². The number of phenolic OH excluding ortho intramolecular Hbond substituents is 1. The van der Waals surface area contributed by atoms with Crippen LogP contribution in [0.5, 0.6) is 5.75 Å². The van der Waals surface area contributed by atoms with Gasteiger partial charge in [0.1, 0.15) is 5.75 Å². The van der Waals surface area contributed by atoms with Gasteiger partial charge in [-0.05, 0) is 54.0 Å². The van der Waals surface area contributed by atoms with Crippen LogP contribution in [0.1, 0.15) is 31.4 Å². The molecular weight excluding hydrogens is 374 g/mol. The third kappa shape index (κ3) is 5.06. The van der Waals surface area contributed by atoms with E-state index in [0.717, 1.165) is 30.6 Å². The second-order valence-electron chi connectivity index (χ2n) is 8.10. The molecule has 1 saturated heterocycles. The minimum absolute atomic E-state index is 0. The molecule has 1 aliphatic rings. The Hall–Kier alpha value is -2.04. The maximum Gasteiger partial charge on any atom is 0.308 e. The van der Waals surface area contributed by atoms with Crippen molar-refractivity contribution in [1.29, 1.82) is 0 Å². The Bertz CT molecular complexity index is 782. The standard InChI is InChI=1S/C23H29NO3.ClH/c1-17-15-24(12-11-23(17,2)20-9-6-10-21(25)14-20)16-19(22(26)27)13-18-7-4-3-5-8-18;/h3-10,14,17,19,25H,11-13,15-16H2,1-2H3,(H,26,27);1H/t17-,19?,23+;/m0./s1. The van der Waals surface area contributed by atoms with Crippen LogP contribution in [0.25, 0.3) is 0 Å². The Morgan fingerprint density at radius 2 is 1.93 bits per heavy atom. The SMILES string of the molecule is C[C@H]1CN(CC(Cc2ccccc2)C(=O)O)CC[C@@]1(C)c1cccc(O)c1.Cl. The van der Waals surface area contributed by atoms with Crippen LogP contribution >= 0.6 is 12.4 Å². The number of likely N-dealkylation sites (tertiary alicyclic amines) is 1. The number of carboxylic acids is 1. The van der Waals surface area contributed by atoms with E-state index in [9.17, 15) is 15.0 Å². The first-order chi connectivity index (χ1) is 12.9. The van der Waals surface area contributed by atoms with Gasteiger partial charge in [0.25, 0.3) is 0 Å². The fraction of sp³-hybridized carbons (Fsp3) is 0.435. The number of piperidine rings is 1. The van der Waals surface area contributed by atoms with E-state index in [1.165, 1.54) is 0 Å². The van der Waals surface area contributed by atoms with Gasteiger partial charge in [-0.1, -0.05) is 56.3 Å². The fourth-order valence-corrected chi connectivity index (χ4v) is 4.21. The first-order valence-corrected chi connectivity index (χ1v) is 9.67. The van der Waals surface area contributed by atoms with E-state index in [0.29, 0.717) is 24.6 Å². The zero-order valence-electron chi connectivity index (χ0n) is 16.5. The number of nitrogens with zero attached hydrogens (tertiary/aromatic N) is 1. The van der Waals surface area contributed by atoms with Crippen molar-refractivity contribution < 1.29 is 15.0 Å². The molecule has 2 aromatic carbocycles. The number of benzene rings is 2. The molecule has 0 aliphatic carbocycles. The predicted octanol–water partition coefficient (Wildman–Crippen LogP) is 4.36. The van der Waals surface area contributed by atoms with E-state index in [-0.39, 0.29) is 17.8 Å². The number of carbonyl (C=O) groups is 1. The van der Waals surface area contributed by atoms with Gasteiger partial charge in [0.2, 0.25) is 0 Å². The summed E-state index contributed by atoms with van der Waals surface area (Å²) in [5.41, 5.74) is 2.22. The molecule has 3 rings (SSSR count). The molecule has 2 aromatic rings. The summed E-state index contributed by atoms with van der Waals surface area (Å²) in [5.74, 6) is -0.450. The summed E-state index contributed by atoms with van der Waals surface area (Å²) in [4.78, 5) is 14.1. The normalized spacial score (nSPS) is 23.6. The molecule has 2 N–H and O–H groups in total. The molecular formula is C23H30ClNO3. The van der Waals surface area contributed by atoms with Crippen molar-refractivity contribution in [2.24, 2.45) is 11.8 Å². The van der Waals surface area contributed by atoms with Crippen molar-refractivity contribution in [2.45, 2.75) is 32.1 Å². The fourth-order valence-electron chi connectivity index (χ4n) is 4.21. The molecule has 4 nitrogen and oxygen atoms in total. The first kappa shape index (κ1) is 22.3. The van der Waals surface area contributed by atoms with Crippen LogP contribution in [-0.4, -0.2) is 40.7 Å². The van der Waals surface area contributed by atoms with Gasteiger partial charge in [-0.15, -0.1) is 12.4 Å². The topological polar surface area (TPSA) is 60.8 Å². The van der Waals surface area contributed by atoms with Crippen LogP contribution in [-0.2, 0) is 16.6 Å². The molecule has 0 spiro atoms. The van der Waals surface area contributed by atoms with Crippen LogP contribution in [0.15, 0.2) is 54.6 Å². The molecule has 0 bridgehead atoms. The zero-order valence-corrected chi connectivity index (χ0v) is 17.4. The average Bonchev–Trinajstić information content (AvgIpc) is 2.65. The van der Waals surface area contributed by atoms with E-state index in [4.69, 9.17) is 0 Å². The van der Waals surface area contributed by atoms with Crippen molar-refractivity contribution >= 4 is 18.4 Å². The molecule has 28 heavy (non-hydrogen) atoms. The summed E-state index contributed by atoms with van der Waals surface area (Å²) in [7, 11) is 0. The van der Waals surface area contributed by atoms with E-state index >= 15 is 0 Å². The number of aromatic hydroxyl groups is 1. The van der Waals surface area contributed by atoms with Crippen molar-refractivity contribution in [3.05, 3.63) is 65.7 Å².